The van der Waals surface area contributed by atoms with E-state index in [0.29, 0.717) is 13.0 Å². The van der Waals surface area contributed by atoms with E-state index < -0.39 is 0 Å². The molecule has 0 N–H and O–H groups in total. The molecule has 5 nitrogen and oxygen atoms in total. The summed E-state index contributed by atoms with van der Waals surface area (Å²) in [6, 6.07) is 10.2. The van der Waals surface area contributed by atoms with Crippen LogP contribution in [0.25, 0.3) is 11.4 Å². The van der Waals surface area contributed by atoms with Gasteiger partial charge in [0.15, 0.2) is 5.82 Å². The molecule has 0 unspecified atom stereocenters. The normalized spacial score (nSPS) is 16.8. The fourth-order valence-corrected chi connectivity index (χ4v) is 4.18. The van der Waals surface area contributed by atoms with Gasteiger partial charge in [0.1, 0.15) is 5.82 Å². The average Bonchev–Trinajstić information content (AvgIpc) is 2.77. The van der Waals surface area contributed by atoms with Gasteiger partial charge >= 0.3 is 0 Å². The van der Waals surface area contributed by atoms with Crippen molar-refractivity contribution in [3.05, 3.63) is 41.6 Å². The molecule has 0 spiro atoms. The van der Waals surface area contributed by atoms with Crippen LogP contribution in [0.15, 0.2) is 30.3 Å². The number of rotatable bonds is 5. The van der Waals surface area contributed by atoms with Crippen molar-refractivity contribution >= 4 is 11.7 Å². The predicted octanol–water partition coefficient (Wildman–Crippen LogP) is 4.21. The van der Waals surface area contributed by atoms with Crippen molar-refractivity contribution in [1.82, 2.24) is 14.9 Å². The molecule has 0 saturated carbocycles. The van der Waals surface area contributed by atoms with Gasteiger partial charge in [-0.15, -0.1) is 0 Å². The lowest BCUT2D eigenvalue weighted by molar-refractivity contribution is -0.132. The van der Waals surface area contributed by atoms with Crippen LogP contribution in [0.3, 0.4) is 0 Å². The lowest BCUT2D eigenvalue weighted by Crippen LogP contribution is -2.39. The van der Waals surface area contributed by atoms with E-state index in [1.54, 1.807) is 0 Å². The molecular formula is C23H30N4O. The first-order chi connectivity index (χ1) is 13.8. The van der Waals surface area contributed by atoms with E-state index in [1.165, 1.54) is 19.3 Å². The van der Waals surface area contributed by atoms with Crippen LogP contribution in [0.4, 0.5) is 5.82 Å². The fourth-order valence-electron chi connectivity index (χ4n) is 4.18. The van der Waals surface area contributed by atoms with Gasteiger partial charge in [-0.1, -0.05) is 43.7 Å². The van der Waals surface area contributed by atoms with Gasteiger partial charge in [-0.05, 0) is 25.7 Å². The van der Waals surface area contributed by atoms with Gasteiger partial charge < -0.3 is 9.80 Å². The summed E-state index contributed by atoms with van der Waals surface area (Å²) in [5.41, 5.74) is 3.34. The zero-order valence-electron chi connectivity index (χ0n) is 16.9. The summed E-state index contributed by atoms with van der Waals surface area (Å²) in [5.74, 6) is 2.13. The molecule has 1 saturated heterocycles. The third kappa shape index (κ3) is 4.03. The quantitative estimate of drug-likeness (QED) is 0.782. The summed E-state index contributed by atoms with van der Waals surface area (Å²) in [6.07, 6.45) is 7.18. The summed E-state index contributed by atoms with van der Waals surface area (Å²) >= 11 is 0. The van der Waals surface area contributed by atoms with Crippen LogP contribution in [0.2, 0.25) is 0 Å². The minimum absolute atomic E-state index is 0.268. The van der Waals surface area contributed by atoms with Crippen molar-refractivity contribution in [3.8, 4) is 11.4 Å². The van der Waals surface area contributed by atoms with Crippen LogP contribution in [-0.4, -0.2) is 40.4 Å². The number of carbonyl (C=O) groups excluding carboxylic acids is 1. The van der Waals surface area contributed by atoms with E-state index in [4.69, 9.17) is 9.97 Å². The Bertz CT molecular complexity index is 815. The maximum absolute atomic E-state index is 12.6. The number of aromatic nitrogens is 2. The van der Waals surface area contributed by atoms with Crippen LogP contribution < -0.4 is 4.90 Å². The molecule has 3 heterocycles. The van der Waals surface area contributed by atoms with Crippen LogP contribution in [-0.2, 0) is 17.8 Å². The number of carbonyl (C=O) groups is 1. The summed E-state index contributed by atoms with van der Waals surface area (Å²) in [6.45, 7) is 5.63. The Balaban J connectivity index is 1.69. The first-order valence-electron chi connectivity index (χ1n) is 10.7. The first kappa shape index (κ1) is 18.9. The van der Waals surface area contributed by atoms with E-state index >= 15 is 0 Å². The number of fused-ring (bicyclic) bond motifs is 1. The number of nitrogens with zero attached hydrogens (tertiary/aromatic N) is 4. The number of piperidine rings is 1. The zero-order valence-corrected chi connectivity index (χ0v) is 16.9. The Morgan fingerprint density at radius 3 is 2.57 bits per heavy atom. The molecule has 28 heavy (non-hydrogen) atoms. The highest BCUT2D eigenvalue weighted by atomic mass is 16.2. The van der Waals surface area contributed by atoms with Crippen LogP contribution in [0.1, 0.15) is 56.7 Å². The largest absolute Gasteiger partial charge is 0.356 e. The standard InChI is InChI=1S/C23H30N4O/c1-2-3-12-21(28)27-16-13-20-19(17-27)23(26-14-8-5-9-15-26)25-22(24-20)18-10-6-4-7-11-18/h4,6-7,10-11H,2-3,5,8-9,12-17H2,1H3. The molecule has 1 fully saturated rings. The van der Waals surface area contributed by atoms with Crippen LogP contribution in [0.5, 0.6) is 0 Å². The van der Waals surface area contributed by atoms with Gasteiger partial charge in [0.25, 0.3) is 0 Å². The van der Waals surface area contributed by atoms with Crippen LogP contribution >= 0.6 is 0 Å². The van der Waals surface area contributed by atoms with Gasteiger partial charge in [0.2, 0.25) is 5.91 Å². The SMILES string of the molecule is CCCCC(=O)N1CCc2nc(-c3ccccc3)nc(N3CCCCC3)c2C1. The van der Waals surface area contributed by atoms with Crippen molar-refractivity contribution in [2.45, 2.75) is 58.4 Å². The van der Waals surface area contributed by atoms with E-state index in [1.807, 2.05) is 23.1 Å². The Morgan fingerprint density at radius 2 is 1.82 bits per heavy atom. The number of hydrogen-bond acceptors (Lipinski definition) is 4. The Labute approximate surface area is 167 Å². The zero-order chi connectivity index (χ0) is 19.3. The molecule has 148 valence electrons. The van der Waals surface area contributed by atoms with Gasteiger partial charge in [0.05, 0.1) is 12.2 Å². The second kappa shape index (κ2) is 8.72. The Kier molecular flexibility index (Phi) is 5.89. The van der Waals surface area contributed by atoms with Gasteiger partial charge in [-0.25, -0.2) is 9.97 Å². The lowest BCUT2D eigenvalue weighted by atomic mass is 10.0. The third-order valence-corrected chi connectivity index (χ3v) is 5.82. The third-order valence-electron chi connectivity index (χ3n) is 5.82. The predicted molar refractivity (Wildman–Crippen MR) is 112 cm³/mol. The topological polar surface area (TPSA) is 49.3 Å². The smallest absolute Gasteiger partial charge is 0.222 e. The lowest BCUT2D eigenvalue weighted by Gasteiger charge is -2.34. The highest BCUT2D eigenvalue weighted by molar-refractivity contribution is 5.77. The molecule has 0 atom stereocenters. The molecule has 5 heteroatoms. The molecule has 4 rings (SSSR count). The molecule has 0 bridgehead atoms. The number of amides is 1. The van der Waals surface area contributed by atoms with E-state index in [-0.39, 0.29) is 5.91 Å². The molecule has 2 aliphatic heterocycles. The van der Waals surface area contributed by atoms with E-state index in [2.05, 4.69) is 24.0 Å². The molecule has 2 aromatic rings. The maximum atomic E-state index is 12.6. The second-order valence-electron chi connectivity index (χ2n) is 7.88. The molecule has 0 radical (unpaired) electrons. The van der Waals surface area contributed by atoms with Crippen LogP contribution in [0, 0.1) is 0 Å². The van der Waals surface area contributed by atoms with Gasteiger partial charge in [-0.2, -0.15) is 0 Å². The summed E-state index contributed by atoms with van der Waals surface area (Å²) in [4.78, 5) is 27.0. The summed E-state index contributed by atoms with van der Waals surface area (Å²) in [7, 11) is 0. The van der Waals surface area contributed by atoms with Gasteiger partial charge in [-0.3, -0.25) is 4.79 Å². The monoisotopic (exact) mass is 378 g/mol. The van der Waals surface area contributed by atoms with E-state index in [0.717, 1.165) is 67.4 Å². The highest BCUT2D eigenvalue weighted by Crippen LogP contribution is 2.31. The van der Waals surface area contributed by atoms with Crippen molar-refractivity contribution in [3.63, 3.8) is 0 Å². The Hall–Kier alpha value is -2.43. The molecule has 1 aromatic carbocycles. The van der Waals surface area contributed by atoms with Gasteiger partial charge in [0, 0.05) is 43.6 Å². The minimum atomic E-state index is 0.268. The molecule has 2 aliphatic rings. The number of unbranched alkanes of at least 4 members (excludes halogenated alkanes) is 1. The molecule has 1 amide bonds. The van der Waals surface area contributed by atoms with Crippen molar-refractivity contribution < 1.29 is 4.79 Å². The van der Waals surface area contributed by atoms with Crippen molar-refractivity contribution in [2.75, 3.05) is 24.5 Å². The maximum Gasteiger partial charge on any atom is 0.222 e. The summed E-state index contributed by atoms with van der Waals surface area (Å²) in [5, 5.41) is 0. The molecule has 1 aromatic heterocycles. The molecule has 0 aliphatic carbocycles. The first-order valence-corrected chi connectivity index (χ1v) is 10.7. The highest BCUT2D eigenvalue weighted by Gasteiger charge is 2.28. The molecular weight excluding hydrogens is 348 g/mol. The Morgan fingerprint density at radius 1 is 1.04 bits per heavy atom. The number of anilines is 1. The van der Waals surface area contributed by atoms with Crippen molar-refractivity contribution in [1.29, 1.82) is 0 Å². The second-order valence-corrected chi connectivity index (χ2v) is 7.88. The summed E-state index contributed by atoms with van der Waals surface area (Å²) < 4.78 is 0. The number of hydrogen-bond donors (Lipinski definition) is 0. The minimum Gasteiger partial charge on any atom is -0.356 e. The number of benzene rings is 1. The fraction of sp³-hybridized carbons (Fsp3) is 0.522. The average molecular weight is 379 g/mol. The van der Waals surface area contributed by atoms with Crippen molar-refractivity contribution in [2.24, 2.45) is 0 Å². The van der Waals surface area contributed by atoms with E-state index in [9.17, 15) is 4.79 Å².